The second-order valence-corrected chi connectivity index (χ2v) is 5.84. The van der Waals surface area contributed by atoms with Crippen molar-refractivity contribution in [2.24, 2.45) is 0 Å². The molecule has 4 rings (SSSR count). The van der Waals surface area contributed by atoms with E-state index >= 15 is 0 Å². The standard InChI is InChI=1S/C23H18O/c1-24-21-13-11-17(12-14-21)20-15-19-9-5-6-10-22(19)23(16-20)18-7-3-2-4-8-18/h2-16H,1H3. The molecular formula is C23H18O. The summed E-state index contributed by atoms with van der Waals surface area (Å²) in [5.74, 6) is 0.878. The molecule has 116 valence electrons. The second kappa shape index (κ2) is 6.21. The summed E-state index contributed by atoms with van der Waals surface area (Å²) in [4.78, 5) is 0. The first-order valence-electron chi connectivity index (χ1n) is 8.08. The number of ether oxygens (including phenoxy) is 1. The first kappa shape index (κ1) is 14.5. The van der Waals surface area contributed by atoms with Gasteiger partial charge in [0, 0.05) is 0 Å². The summed E-state index contributed by atoms with van der Waals surface area (Å²) in [5.41, 5.74) is 4.91. The van der Waals surface area contributed by atoms with E-state index in [4.69, 9.17) is 4.74 Å². The first-order valence-corrected chi connectivity index (χ1v) is 8.08. The molecule has 0 spiro atoms. The van der Waals surface area contributed by atoms with Gasteiger partial charge in [-0.15, -0.1) is 0 Å². The molecule has 24 heavy (non-hydrogen) atoms. The number of hydrogen-bond donors (Lipinski definition) is 0. The molecule has 0 bridgehead atoms. The van der Waals surface area contributed by atoms with Gasteiger partial charge in [-0.25, -0.2) is 0 Å². The molecule has 0 atom stereocenters. The molecule has 0 heterocycles. The number of hydrogen-bond acceptors (Lipinski definition) is 1. The van der Waals surface area contributed by atoms with Gasteiger partial charge in [0.05, 0.1) is 7.11 Å². The van der Waals surface area contributed by atoms with E-state index in [9.17, 15) is 0 Å². The van der Waals surface area contributed by atoms with Crippen molar-refractivity contribution in [3.8, 4) is 28.0 Å². The molecule has 0 aliphatic heterocycles. The van der Waals surface area contributed by atoms with Crippen LogP contribution in [0.3, 0.4) is 0 Å². The molecular weight excluding hydrogens is 292 g/mol. The van der Waals surface area contributed by atoms with Gasteiger partial charge in [0.15, 0.2) is 0 Å². The van der Waals surface area contributed by atoms with Gasteiger partial charge in [-0.1, -0.05) is 66.7 Å². The number of fused-ring (bicyclic) bond motifs is 1. The molecule has 0 aliphatic rings. The van der Waals surface area contributed by atoms with Crippen molar-refractivity contribution in [1.29, 1.82) is 0 Å². The van der Waals surface area contributed by atoms with Crippen LogP contribution in [0.2, 0.25) is 0 Å². The van der Waals surface area contributed by atoms with Crippen LogP contribution in [0.4, 0.5) is 0 Å². The van der Waals surface area contributed by atoms with Crippen LogP contribution in [-0.4, -0.2) is 7.11 Å². The van der Waals surface area contributed by atoms with Gasteiger partial charge < -0.3 is 4.74 Å². The van der Waals surface area contributed by atoms with Gasteiger partial charge in [0.2, 0.25) is 0 Å². The van der Waals surface area contributed by atoms with Crippen molar-refractivity contribution in [3.63, 3.8) is 0 Å². The third kappa shape index (κ3) is 2.65. The molecule has 0 saturated carbocycles. The fraction of sp³-hybridized carbons (Fsp3) is 0.0435. The van der Waals surface area contributed by atoms with Gasteiger partial charge >= 0.3 is 0 Å². The molecule has 0 saturated heterocycles. The van der Waals surface area contributed by atoms with Crippen molar-refractivity contribution < 1.29 is 4.74 Å². The van der Waals surface area contributed by atoms with Crippen molar-refractivity contribution in [2.75, 3.05) is 7.11 Å². The van der Waals surface area contributed by atoms with Crippen LogP contribution in [0.5, 0.6) is 5.75 Å². The molecule has 0 unspecified atom stereocenters. The monoisotopic (exact) mass is 310 g/mol. The lowest BCUT2D eigenvalue weighted by atomic mass is 9.93. The summed E-state index contributed by atoms with van der Waals surface area (Å²) in [5, 5.41) is 2.53. The van der Waals surface area contributed by atoms with Crippen LogP contribution >= 0.6 is 0 Å². The summed E-state index contributed by atoms with van der Waals surface area (Å²) in [6.07, 6.45) is 0. The summed E-state index contributed by atoms with van der Waals surface area (Å²) < 4.78 is 5.27. The van der Waals surface area contributed by atoms with E-state index < -0.39 is 0 Å². The van der Waals surface area contributed by atoms with E-state index in [0.29, 0.717) is 0 Å². The highest BCUT2D eigenvalue weighted by Crippen LogP contribution is 2.34. The van der Waals surface area contributed by atoms with E-state index in [1.54, 1.807) is 7.11 Å². The predicted octanol–water partition coefficient (Wildman–Crippen LogP) is 6.18. The van der Waals surface area contributed by atoms with E-state index in [1.165, 1.54) is 33.0 Å². The Morgan fingerprint density at radius 3 is 2.04 bits per heavy atom. The van der Waals surface area contributed by atoms with E-state index in [2.05, 4.69) is 78.9 Å². The van der Waals surface area contributed by atoms with Crippen molar-refractivity contribution >= 4 is 10.8 Å². The minimum Gasteiger partial charge on any atom is -0.497 e. The van der Waals surface area contributed by atoms with Crippen LogP contribution in [0.15, 0.2) is 91.0 Å². The molecule has 4 aromatic rings. The highest BCUT2D eigenvalue weighted by Gasteiger charge is 2.08. The molecule has 1 nitrogen and oxygen atoms in total. The molecule has 0 aromatic heterocycles. The third-order valence-electron chi connectivity index (χ3n) is 4.37. The topological polar surface area (TPSA) is 9.23 Å². The Bertz CT molecular complexity index is 970. The lowest BCUT2D eigenvalue weighted by molar-refractivity contribution is 0.415. The number of benzene rings is 4. The summed E-state index contributed by atoms with van der Waals surface area (Å²) in [6, 6.07) is 31.9. The fourth-order valence-electron chi connectivity index (χ4n) is 3.12. The number of methoxy groups -OCH3 is 1. The predicted molar refractivity (Wildman–Crippen MR) is 101 cm³/mol. The highest BCUT2D eigenvalue weighted by atomic mass is 16.5. The Labute approximate surface area is 142 Å². The molecule has 4 aromatic carbocycles. The second-order valence-electron chi connectivity index (χ2n) is 5.84. The smallest absolute Gasteiger partial charge is 0.118 e. The average molecular weight is 310 g/mol. The maximum absolute atomic E-state index is 5.27. The minimum absolute atomic E-state index is 0.878. The molecule has 0 fully saturated rings. The maximum Gasteiger partial charge on any atom is 0.118 e. The molecule has 0 N–H and O–H groups in total. The van der Waals surface area contributed by atoms with Gasteiger partial charge in [-0.2, -0.15) is 0 Å². The molecule has 0 radical (unpaired) electrons. The van der Waals surface area contributed by atoms with E-state index in [0.717, 1.165) is 5.75 Å². The zero-order valence-corrected chi connectivity index (χ0v) is 13.6. The van der Waals surface area contributed by atoms with Crippen LogP contribution in [0, 0.1) is 0 Å². The van der Waals surface area contributed by atoms with E-state index in [-0.39, 0.29) is 0 Å². The van der Waals surface area contributed by atoms with Gasteiger partial charge in [-0.05, 0) is 57.3 Å². The quantitative estimate of drug-likeness (QED) is 0.439. The summed E-state index contributed by atoms with van der Waals surface area (Å²) in [7, 11) is 1.69. The maximum atomic E-state index is 5.27. The Balaban J connectivity index is 1.94. The van der Waals surface area contributed by atoms with Gasteiger partial charge in [0.25, 0.3) is 0 Å². The van der Waals surface area contributed by atoms with Crippen LogP contribution in [0.1, 0.15) is 0 Å². The fourth-order valence-corrected chi connectivity index (χ4v) is 3.12. The zero-order valence-electron chi connectivity index (χ0n) is 13.6. The van der Waals surface area contributed by atoms with Crippen LogP contribution in [-0.2, 0) is 0 Å². The Morgan fingerprint density at radius 1 is 0.583 bits per heavy atom. The minimum atomic E-state index is 0.878. The molecule has 0 aliphatic carbocycles. The summed E-state index contributed by atoms with van der Waals surface area (Å²) >= 11 is 0. The van der Waals surface area contributed by atoms with Crippen LogP contribution < -0.4 is 4.74 Å². The van der Waals surface area contributed by atoms with Gasteiger partial charge in [0.1, 0.15) is 5.75 Å². The Morgan fingerprint density at radius 2 is 1.29 bits per heavy atom. The van der Waals surface area contributed by atoms with Crippen LogP contribution in [0.25, 0.3) is 33.0 Å². The van der Waals surface area contributed by atoms with Crippen molar-refractivity contribution in [2.45, 2.75) is 0 Å². The zero-order chi connectivity index (χ0) is 16.4. The lowest BCUT2D eigenvalue weighted by Gasteiger charge is -2.11. The SMILES string of the molecule is COc1ccc(-c2cc(-c3ccccc3)c3ccccc3c2)cc1. The Hall–Kier alpha value is -3.06. The van der Waals surface area contributed by atoms with Crippen molar-refractivity contribution in [1.82, 2.24) is 0 Å². The molecule has 1 heteroatoms. The summed E-state index contributed by atoms with van der Waals surface area (Å²) in [6.45, 7) is 0. The molecule has 0 amide bonds. The first-order chi connectivity index (χ1) is 11.8. The average Bonchev–Trinajstić information content (AvgIpc) is 2.68. The van der Waals surface area contributed by atoms with E-state index in [1.807, 2.05) is 12.1 Å². The normalized spacial score (nSPS) is 10.7. The Kier molecular flexibility index (Phi) is 3.76. The third-order valence-corrected chi connectivity index (χ3v) is 4.37. The number of rotatable bonds is 3. The van der Waals surface area contributed by atoms with Crippen molar-refractivity contribution in [3.05, 3.63) is 91.0 Å². The highest BCUT2D eigenvalue weighted by molar-refractivity contribution is 6.00. The van der Waals surface area contributed by atoms with Gasteiger partial charge in [-0.3, -0.25) is 0 Å². The lowest BCUT2D eigenvalue weighted by Crippen LogP contribution is -1.86. The largest absolute Gasteiger partial charge is 0.497 e.